The summed E-state index contributed by atoms with van der Waals surface area (Å²) in [6, 6.07) is -0.553. The van der Waals surface area contributed by atoms with Gasteiger partial charge in [0.1, 0.15) is 6.04 Å². The third-order valence-electron chi connectivity index (χ3n) is 4.12. The molecule has 0 aromatic carbocycles. The van der Waals surface area contributed by atoms with Crippen LogP contribution in [0.2, 0.25) is 0 Å². The van der Waals surface area contributed by atoms with Gasteiger partial charge in [-0.25, -0.2) is 4.79 Å². The van der Waals surface area contributed by atoms with Crippen LogP contribution in [-0.2, 0) is 14.3 Å². The fraction of sp³-hybridized carbons (Fsp3) is 0.895. The maximum absolute atomic E-state index is 11.6. The molecule has 0 aliphatic heterocycles. The van der Waals surface area contributed by atoms with Crippen LogP contribution >= 0.6 is 0 Å². The average molecular weight is 328 g/mol. The summed E-state index contributed by atoms with van der Waals surface area (Å²) in [5.41, 5.74) is 0. The minimum absolute atomic E-state index is 0.0620. The van der Waals surface area contributed by atoms with E-state index in [1.54, 1.807) is 6.92 Å². The molecule has 4 heteroatoms. The molecule has 0 rings (SSSR count). The molecule has 136 valence electrons. The summed E-state index contributed by atoms with van der Waals surface area (Å²) in [4.78, 5) is 22.8. The molecule has 1 amide bonds. The van der Waals surface area contributed by atoms with Crippen molar-refractivity contribution in [1.29, 1.82) is 0 Å². The van der Waals surface area contributed by atoms with Crippen LogP contribution in [0.15, 0.2) is 0 Å². The normalized spacial score (nSPS) is 12.2. The van der Waals surface area contributed by atoms with Crippen LogP contribution in [0.3, 0.4) is 0 Å². The van der Waals surface area contributed by atoms with E-state index in [1.165, 1.54) is 58.5 Å². The molecule has 0 radical (unpaired) electrons. The van der Waals surface area contributed by atoms with Crippen molar-refractivity contribution in [2.24, 2.45) is 5.92 Å². The second kappa shape index (κ2) is 14.5. The zero-order valence-corrected chi connectivity index (χ0v) is 15.7. The Morgan fingerprint density at radius 1 is 0.826 bits per heavy atom. The quantitative estimate of drug-likeness (QED) is 0.374. The summed E-state index contributed by atoms with van der Waals surface area (Å²) in [5, 5.41) is 2.66. The highest BCUT2D eigenvalue weighted by Gasteiger charge is 2.14. The Kier molecular flexibility index (Phi) is 13.9. The van der Waals surface area contributed by atoms with E-state index in [2.05, 4.69) is 23.9 Å². The molecule has 0 unspecified atom stereocenters. The van der Waals surface area contributed by atoms with Crippen molar-refractivity contribution in [3.63, 3.8) is 0 Å². The predicted octanol–water partition coefficient (Wildman–Crippen LogP) is 4.61. The lowest BCUT2D eigenvalue weighted by atomic mass is 10.0. The smallest absolute Gasteiger partial charge is 0.328 e. The minimum atomic E-state index is -0.553. The van der Waals surface area contributed by atoms with E-state index in [1.807, 2.05) is 0 Å². The maximum atomic E-state index is 11.6. The molecule has 1 N–H and O–H groups in total. The number of carbonyl (C=O) groups excluding carboxylic acids is 2. The number of hydrogen-bond acceptors (Lipinski definition) is 3. The van der Waals surface area contributed by atoms with Crippen molar-refractivity contribution < 1.29 is 14.3 Å². The number of rotatable bonds is 14. The zero-order chi connectivity index (χ0) is 17.5. The van der Waals surface area contributed by atoms with E-state index in [0.29, 0.717) is 6.42 Å². The first kappa shape index (κ1) is 21.9. The lowest BCUT2D eigenvalue weighted by Crippen LogP contribution is -2.38. The SMILES string of the molecule is COC(=O)[C@H](C)NC(=O)CCCCCCCCCCCC(C)C. The van der Waals surface area contributed by atoms with Gasteiger partial charge >= 0.3 is 5.97 Å². The molecule has 0 saturated heterocycles. The summed E-state index contributed by atoms with van der Waals surface area (Å²) in [6.07, 6.45) is 13.1. The third-order valence-corrected chi connectivity index (χ3v) is 4.12. The number of nitrogens with one attached hydrogen (secondary N) is 1. The van der Waals surface area contributed by atoms with Crippen molar-refractivity contribution >= 4 is 11.9 Å². The van der Waals surface area contributed by atoms with Crippen molar-refractivity contribution in [2.75, 3.05) is 7.11 Å². The van der Waals surface area contributed by atoms with E-state index < -0.39 is 12.0 Å². The molecule has 0 aromatic heterocycles. The highest BCUT2D eigenvalue weighted by Crippen LogP contribution is 2.13. The Labute approximate surface area is 142 Å². The standard InChI is InChI=1S/C19H37NO3/c1-16(2)14-12-10-8-6-5-7-9-11-13-15-18(21)20-17(3)19(22)23-4/h16-17H,5-15H2,1-4H3,(H,20,21)/t17-/m0/s1. The van der Waals surface area contributed by atoms with Crippen LogP contribution < -0.4 is 5.32 Å². The number of esters is 1. The van der Waals surface area contributed by atoms with Crippen LogP contribution in [0.5, 0.6) is 0 Å². The first-order valence-corrected chi connectivity index (χ1v) is 9.34. The number of hydrogen-bond donors (Lipinski definition) is 1. The Hall–Kier alpha value is -1.06. The van der Waals surface area contributed by atoms with Gasteiger partial charge in [0.15, 0.2) is 0 Å². The van der Waals surface area contributed by atoms with Gasteiger partial charge in [-0.05, 0) is 19.3 Å². The number of carbonyl (C=O) groups is 2. The monoisotopic (exact) mass is 327 g/mol. The second-order valence-corrected chi connectivity index (χ2v) is 6.93. The van der Waals surface area contributed by atoms with Gasteiger partial charge in [-0.15, -0.1) is 0 Å². The summed E-state index contributed by atoms with van der Waals surface area (Å²) in [5.74, 6) is 0.377. The Bertz CT molecular complexity index is 316. The van der Waals surface area contributed by atoms with Crippen molar-refractivity contribution in [3.8, 4) is 0 Å². The minimum Gasteiger partial charge on any atom is -0.467 e. The second-order valence-electron chi connectivity index (χ2n) is 6.93. The molecule has 0 bridgehead atoms. The number of unbranched alkanes of at least 4 members (excludes halogenated alkanes) is 8. The molecule has 23 heavy (non-hydrogen) atoms. The van der Waals surface area contributed by atoms with E-state index in [0.717, 1.165) is 18.8 Å². The molecule has 4 nitrogen and oxygen atoms in total. The van der Waals surface area contributed by atoms with Crippen molar-refractivity contribution in [3.05, 3.63) is 0 Å². The van der Waals surface area contributed by atoms with Crippen LogP contribution in [0.4, 0.5) is 0 Å². The highest BCUT2D eigenvalue weighted by molar-refractivity contribution is 5.83. The van der Waals surface area contributed by atoms with Crippen LogP contribution in [0.1, 0.15) is 91.4 Å². The first-order chi connectivity index (χ1) is 11.0. The highest BCUT2D eigenvalue weighted by atomic mass is 16.5. The number of amides is 1. The van der Waals surface area contributed by atoms with Gasteiger partial charge in [0, 0.05) is 6.42 Å². The fourth-order valence-corrected chi connectivity index (χ4v) is 2.62. The summed E-state index contributed by atoms with van der Waals surface area (Å²) >= 11 is 0. The molecule has 0 aliphatic rings. The lowest BCUT2D eigenvalue weighted by Gasteiger charge is -2.11. The van der Waals surface area contributed by atoms with Gasteiger partial charge in [-0.2, -0.15) is 0 Å². The molecule has 0 aromatic rings. The lowest BCUT2D eigenvalue weighted by molar-refractivity contribution is -0.144. The Balaban J connectivity index is 3.33. The van der Waals surface area contributed by atoms with Gasteiger partial charge in [-0.3, -0.25) is 4.79 Å². The number of ether oxygens (including phenoxy) is 1. The topological polar surface area (TPSA) is 55.4 Å². The molecule has 1 atom stereocenters. The molecule has 0 saturated carbocycles. The van der Waals surface area contributed by atoms with Crippen LogP contribution in [-0.4, -0.2) is 25.0 Å². The van der Waals surface area contributed by atoms with Gasteiger partial charge in [0.25, 0.3) is 0 Å². The predicted molar refractivity (Wildman–Crippen MR) is 95.2 cm³/mol. The van der Waals surface area contributed by atoms with Crippen molar-refractivity contribution in [2.45, 2.75) is 97.4 Å². The molecule has 0 spiro atoms. The van der Waals surface area contributed by atoms with Gasteiger partial charge in [0.2, 0.25) is 5.91 Å². The molecule has 0 aliphatic carbocycles. The first-order valence-electron chi connectivity index (χ1n) is 9.34. The summed E-state index contributed by atoms with van der Waals surface area (Å²) in [7, 11) is 1.33. The molecular weight excluding hydrogens is 290 g/mol. The molecular formula is C19H37NO3. The van der Waals surface area contributed by atoms with E-state index in [9.17, 15) is 9.59 Å². The Morgan fingerprint density at radius 2 is 1.30 bits per heavy atom. The average Bonchev–Trinajstić information content (AvgIpc) is 2.51. The maximum Gasteiger partial charge on any atom is 0.328 e. The zero-order valence-electron chi connectivity index (χ0n) is 15.7. The van der Waals surface area contributed by atoms with E-state index in [-0.39, 0.29) is 5.91 Å². The summed E-state index contributed by atoms with van der Waals surface area (Å²) in [6.45, 7) is 6.22. The van der Waals surface area contributed by atoms with Gasteiger partial charge in [0.05, 0.1) is 7.11 Å². The molecule has 0 heterocycles. The Morgan fingerprint density at radius 3 is 1.78 bits per heavy atom. The fourth-order valence-electron chi connectivity index (χ4n) is 2.62. The molecule has 0 fully saturated rings. The number of methoxy groups -OCH3 is 1. The third kappa shape index (κ3) is 14.3. The van der Waals surface area contributed by atoms with Crippen molar-refractivity contribution in [1.82, 2.24) is 5.32 Å². The van der Waals surface area contributed by atoms with Gasteiger partial charge < -0.3 is 10.1 Å². The largest absolute Gasteiger partial charge is 0.467 e. The van der Waals surface area contributed by atoms with Gasteiger partial charge in [-0.1, -0.05) is 71.6 Å². The van der Waals surface area contributed by atoms with E-state index in [4.69, 9.17) is 0 Å². The van der Waals surface area contributed by atoms with E-state index >= 15 is 0 Å². The van der Waals surface area contributed by atoms with Crippen LogP contribution in [0, 0.1) is 5.92 Å². The van der Waals surface area contributed by atoms with Crippen LogP contribution in [0.25, 0.3) is 0 Å². The summed E-state index contributed by atoms with van der Waals surface area (Å²) < 4.78 is 4.58.